The fourth-order valence-electron chi connectivity index (χ4n) is 2.13. The molecule has 0 spiro atoms. The molecule has 2 rings (SSSR count). The number of aliphatic imine (C=N–C) groups is 1. The number of guanidine groups is 1. The van der Waals surface area contributed by atoms with E-state index in [9.17, 15) is 4.79 Å². The lowest BCUT2D eigenvalue weighted by atomic mass is 9.86. The van der Waals surface area contributed by atoms with E-state index in [-0.39, 0.29) is 11.3 Å². The Morgan fingerprint density at radius 1 is 1.40 bits per heavy atom. The van der Waals surface area contributed by atoms with Crippen molar-refractivity contribution in [1.82, 2.24) is 10.2 Å². The Kier molecular flexibility index (Phi) is 4.82. The van der Waals surface area contributed by atoms with Gasteiger partial charge in [0.05, 0.1) is 19.8 Å². The molecule has 7 nitrogen and oxygen atoms in total. The first kappa shape index (κ1) is 15.1. The Balaban J connectivity index is 1.84. The van der Waals surface area contributed by atoms with Crippen LogP contribution in [0.25, 0.3) is 0 Å². The molecule has 1 amide bonds. The minimum absolute atomic E-state index is 0.127. The SMILES string of the molecule is CC(C)(C)C1N=NC(=NCCN2CCOCC2)NC1=O. The minimum Gasteiger partial charge on any atom is -0.379 e. The van der Waals surface area contributed by atoms with Crippen molar-refractivity contribution in [3.63, 3.8) is 0 Å². The van der Waals surface area contributed by atoms with Crippen LogP contribution in [0.1, 0.15) is 20.8 Å². The van der Waals surface area contributed by atoms with Crippen LogP contribution in [-0.2, 0) is 9.53 Å². The van der Waals surface area contributed by atoms with Gasteiger partial charge in [-0.2, -0.15) is 5.11 Å². The van der Waals surface area contributed by atoms with Gasteiger partial charge in [0.15, 0.2) is 6.04 Å². The summed E-state index contributed by atoms with van der Waals surface area (Å²) in [6.07, 6.45) is 0. The number of ether oxygens (including phenoxy) is 1. The van der Waals surface area contributed by atoms with Crippen molar-refractivity contribution >= 4 is 11.9 Å². The summed E-state index contributed by atoms with van der Waals surface area (Å²) in [6, 6.07) is -0.444. The molecule has 2 aliphatic rings. The third-order valence-corrected chi connectivity index (χ3v) is 3.35. The summed E-state index contributed by atoms with van der Waals surface area (Å²) in [7, 11) is 0. The van der Waals surface area contributed by atoms with E-state index in [1.807, 2.05) is 20.8 Å². The Hall–Kier alpha value is -1.34. The van der Waals surface area contributed by atoms with Crippen LogP contribution in [0.4, 0.5) is 0 Å². The van der Waals surface area contributed by atoms with Gasteiger partial charge in [0, 0.05) is 19.6 Å². The lowest BCUT2D eigenvalue weighted by Gasteiger charge is -2.27. The van der Waals surface area contributed by atoms with Crippen molar-refractivity contribution in [3.8, 4) is 0 Å². The van der Waals surface area contributed by atoms with Crippen LogP contribution >= 0.6 is 0 Å². The summed E-state index contributed by atoms with van der Waals surface area (Å²) < 4.78 is 5.29. The zero-order chi connectivity index (χ0) is 14.6. The van der Waals surface area contributed by atoms with Gasteiger partial charge in [0.1, 0.15) is 0 Å². The van der Waals surface area contributed by atoms with Crippen molar-refractivity contribution in [2.45, 2.75) is 26.8 Å². The molecule has 2 aliphatic heterocycles. The van der Waals surface area contributed by atoms with E-state index in [1.54, 1.807) is 0 Å². The molecule has 7 heteroatoms. The zero-order valence-corrected chi connectivity index (χ0v) is 12.4. The smallest absolute Gasteiger partial charge is 0.254 e. The lowest BCUT2D eigenvalue weighted by Crippen LogP contribution is -2.46. The van der Waals surface area contributed by atoms with Crippen molar-refractivity contribution in [3.05, 3.63) is 0 Å². The number of morpholine rings is 1. The summed E-state index contributed by atoms with van der Waals surface area (Å²) in [4.78, 5) is 18.5. The maximum Gasteiger partial charge on any atom is 0.254 e. The first-order chi connectivity index (χ1) is 9.47. The molecule has 0 aliphatic carbocycles. The van der Waals surface area contributed by atoms with Crippen molar-refractivity contribution in [2.75, 3.05) is 39.4 Å². The summed E-state index contributed by atoms with van der Waals surface area (Å²) >= 11 is 0. The first-order valence-electron chi connectivity index (χ1n) is 7.03. The Bertz CT molecular complexity index is 407. The van der Waals surface area contributed by atoms with E-state index in [0.717, 1.165) is 32.8 Å². The zero-order valence-electron chi connectivity index (χ0n) is 12.4. The van der Waals surface area contributed by atoms with Gasteiger partial charge in [0.25, 0.3) is 5.91 Å². The molecule has 1 unspecified atom stereocenters. The number of nitrogens with zero attached hydrogens (tertiary/aromatic N) is 4. The number of carbonyl (C=O) groups is 1. The molecule has 1 fully saturated rings. The molecule has 0 bridgehead atoms. The quantitative estimate of drug-likeness (QED) is 0.826. The Morgan fingerprint density at radius 3 is 2.70 bits per heavy atom. The maximum absolute atomic E-state index is 11.9. The molecule has 20 heavy (non-hydrogen) atoms. The van der Waals surface area contributed by atoms with Crippen molar-refractivity contribution in [1.29, 1.82) is 0 Å². The highest BCUT2D eigenvalue weighted by Crippen LogP contribution is 2.24. The second kappa shape index (κ2) is 6.41. The van der Waals surface area contributed by atoms with Gasteiger partial charge >= 0.3 is 0 Å². The molecule has 0 aromatic rings. The van der Waals surface area contributed by atoms with E-state index in [0.29, 0.717) is 12.5 Å². The van der Waals surface area contributed by atoms with Gasteiger partial charge in [-0.15, -0.1) is 5.11 Å². The number of rotatable bonds is 3. The minimum atomic E-state index is -0.444. The second-order valence-corrected chi connectivity index (χ2v) is 6.13. The molecule has 0 aromatic heterocycles. The van der Waals surface area contributed by atoms with Crippen LogP contribution in [0.2, 0.25) is 0 Å². The maximum atomic E-state index is 11.9. The summed E-state index contributed by atoms with van der Waals surface area (Å²) in [6.45, 7) is 10.8. The number of nitrogens with one attached hydrogen (secondary N) is 1. The highest BCUT2D eigenvalue weighted by molar-refractivity contribution is 6.01. The number of hydrogen-bond acceptors (Lipinski definition) is 5. The molecule has 112 valence electrons. The van der Waals surface area contributed by atoms with Crippen LogP contribution in [0, 0.1) is 5.41 Å². The van der Waals surface area contributed by atoms with Crippen molar-refractivity contribution in [2.24, 2.45) is 20.6 Å². The first-order valence-corrected chi connectivity index (χ1v) is 7.03. The lowest BCUT2D eigenvalue weighted by molar-refractivity contribution is -0.123. The highest BCUT2D eigenvalue weighted by Gasteiger charge is 2.34. The summed E-state index contributed by atoms with van der Waals surface area (Å²) in [5.41, 5.74) is -0.229. The van der Waals surface area contributed by atoms with E-state index in [4.69, 9.17) is 4.74 Å². The largest absolute Gasteiger partial charge is 0.379 e. The third-order valence-electron chi connectivity index (χ3n) is 3.35. The molecule has 0 aromatic carbocycles. The molecular formula is C13H23N5O2. The number of amides is 1. The van der Waals surface area contributed by atoms with Crippen LogP contribution in [-0.4, -0.2) is 62.2 Å². The Morgan fingerprint density at radius 2 is 2.10 bits per heavy atom. The summed E-state index contributed by atoms with van der Waals surface area (Å²) in [5, 5.41) is 10.8. The highest BCUT2D eigenvalue weighted by atomic mass is 16.5. The summed E-state index contributed by atoms with van der Waals surface area (Å²) in [5.74, 6) is 0.196. The Labute approximate surface area is 119 Å². The number of azo groups is 1. The molecular weight excluding hydrogens is 258 g/mol. The number of hydrogen-bond donors (Lipinski definition) is 1. The molecule has 1 saturated heterocycles. The van der Waals surface area contributed by atoms with Crippen LogP contribution in [0.5, 0.6) is 0 Å². The molecule has 2 heterocycles. The monoisotopic (exact) mass is 281 g/mol. The average Bonchev–Trinajstić information content (AvgIpc) is 2.38. The number of carbonyl (C=O) groups excluding carboxylic acids is 1. The van der Waals surface area contributed by atoms with Gasteiger partial charge in [-0.1, -0.05) is 20.8 Å². The molecule has 1 N–H and O–H groups in total. The van der Waals surface area contributed by atoms with E-state index < -0.39 is 6.04 Å². The second-order valence-electron chi connectivity index (χ2n) is 6.13. The molecule has 1 atom stereocenters. The van der Waals surface area contributed by atoms with Crippen molar-refractivity contribution < 1.29 is 9.53 Å². The van der Waals surface area contributed by atoms with Gasteiger partial charge < -0.3 is 4.74 Å². The third kappa shape index (κ3) is 4.08. The topological polar surface area (TPSA) is 78.7 Å². The van der Waals surface area contributed by atoms with Crippen LogP contribution in [0.15, 0.2) is 15.2 Å². The normalized spacial score (nSPS) is 26.9. The van der Waals surface area contributed by atoms with Gasteiger partial charge in [-0.25, -0.2) is 4.99 Å². The van der Waals surface area contributed by atoms with Crippen LogP contribution in [0.3, 0.4) is 0 Å². The van der Waals surface area contributed by atoms with Gasteiger partial charge in [-0.05, 0) is 5.41 Å². The van der Waals surface area contributed by atoms with Gasteiger partial charge in [0.2, 0.25) is 5.96 Å². The average molecular weight is 281 g/mol. The predicted octanol–water partition coefficient (Wildman–Crippen LogP) is 0.671. The van der Waals surface area contributed by atoms with E-state index in [1.165, 1.54) is 0 Å². The fraction of sp³-hybridized carbons (Fsp3) is 0.846. The van der Waals surface area contributed by atoms with Crippen LogP contribution < -0.4 is 5.32 Å². The van der Waals surface area contributed by atoms with E-state index >= 15 is 0 Å². The molecule has 0 saturated carbocycles. The van der Waals surface area contributed by atoms with Gasteiger partial charge in [-0.3, -0.25) is 15.0 Å². The fourth-order valence-corrected chi connectivity index (χ4v) is 2.13. The molecule has 0 radical (unpaired) electrons. The van der Waals surface area contributed by atoms with E-state index in [2.05, 4.69) is 25.4 Å². The standard InChI is InChI=1S/C13H23N5O2/c1-13(2,3)10-11(19)15-12(17-16-10)14-4-5-18-6-8-20-9-7-18/h10H,4-9H2,1-3H3,(H,14,15,19). The predicted molar refractivity (Wildman–Crippen MR) is 75.8 cm³/mol.